The van der Waals surface area contributed by atoms with Crippen molar-refractivity contribution in [1.29, 1.82) is 0 Å². The summed E-state index contributed by atoms with van der Waals surface area (Å²) in [6, 6.07) is 9.43. The molecule has 0 bridgehead atoms. The Bertz CT molecular complexity index is 1090. The van der Waals surface area contributed by atoms with E-state index in [1.54, 1.807) is 13.8 Å². The van der Waals surface area contributed by atoms with Crippen LogP contribution in [-0.4, -0.2) is 43.2 Å². The van der Waals surface area contributed by atoms with Crippen LogP contribution in [0, 0.1) is 5.41 Å². The molecule has 0 N–H and O–H groups in total. The number of hydrogen-bond donors (Lipinski definition) is 0. The number of unbranched alkanes of at least 4 members (excludes halogenated alkanes) is 24. The standard InChI is InChI=1S/C49H84O8/c1-5-7-9-11-13-15-17-19-21-23-25-27-32-36-45(50)55-41-44(42-56-46(51)37-33-28-26-24-22-20-18-16-14-12-10-8-6-2)57-48(53)39-49(3,4)38-47(52)54-40-43-34-30-29-31-35-43/h29-31,34-35,44H,5-28,32-33,36-42H2,1-4H3. The van der Waals surface area contributed by atoms with E-state index in [0.29, 0.717) is 12.8 Å². The second kappa shape index (κ2) is 36.2. The molecule has 0 spiro atoms. The Morgan fingerprint density at radius 1 is 0.456 bits per heavy atom. The average molecular weight is 801 g/mol. The summed E-state index contributed by atoms with van der Waals surface area (Å²) in [5.74, 6) is -1.66. The molecule has 0 aliphatic rings. The van der Waals surface area contributed by atoms with Crippen molar-refractivity contribution in [3.05, 3.63) is 35.9 Å². The van der Waals surface area contributed by atoms with Crippen molar-refractivity contribution in [1.82, 2.24) is 0 Å². The third-order valence-electron chi connectivity index (χ3n) is 10.6. The molecule has 1 rings (SSSR count). The van der Waals surface area contributed by atoms with Crippen molar-refractivity contribution in [3.63, 3.8) is 0 Å². The van der Waals surface area contributed by atoms with Crippen molar-refractivity contribution in [2.24, 2.45) is 5.41 Å². The van der Waals surface area contributed by atoms with Crippen LogP contribution in [0.2, 0.25) is 0 Å². The topological polar surface area (TPSA) is 105 Å². The maximum absolute atomic E-state index is 13.1. The van der Waals surface area contributed by atoms with E-state index in [1.807, 2.05) is 30.3 Å². The van der Waals surface area contributed by atoms with Crippen LogP contribution in [0.5, 0.6) is 0 Å². The van der Waals surface area contributed by atoms with Gasteiger partial charge in [0.05, 0.1) is 12.8 Å². The Kier molecular flexibility index (Phi) is 33.1. The summed E-state index contributed by atoms with van der Waals surface area (Å²) in [4.78, 5) is 50.9. The van der Waals surface area contributed by atoms with E-state index in [9.17, 15) is 19.2 Å². The minimum absolute atomic E-state index is 0.0296. The highest BCUT2D eigenvalue weighted by molar-refractivity contribution is 5.74. The first-order chi connectivity index (χ1) is 27.6. The van der Waals surface area contributed by atoms with Gasteiger partial charge < -0.3 is 18.9 Å². The molecule has 0 heterocycles. The van der Waals surface area contributed by atoms with Crippen LogP contribution in [0.15, 0.2) is 30.3 Å². The monoisotopic (exact) mass is 801 g/mol. The van der Waals surface area contributed by atoms with Gasteiger partial charge in [0, 0.05) is 12.8 Å². The highest BCUT2D eigenvalue weighted by Crippen LogP contribution is 2.27. The number of carbonyl (C=O) groups is 4. The zero-order valence-electron chi connectivity index (χ0n) is 37.1. The molecule has 0 aliphatic heterocycles. The van der Waals surface area contributed by atoms with Gasteiger partial charge >= 0.3 is 23.9 Å². The molecule has 57 heavy (non-hydrogen) atoms. The maximum atomic E-state index is 13.1. The predicted molar refractivity (Wildman–Crippen MR) is 232 cm³/mol. The number of carbonyl (C=O) groups excluding carboxylic acids is 4. The number of hydrogen-bond acceptors (Lipinski definition) is 8. The van der Waals surface area contributed by atoms with Crippen LogP contribution in [0.25, 0.3) is 0 Å². The normalized spacial score (nSPS) is 11.5. The van der Waals surface area contributed by atoms with E-state index in [1.165, 1.54) is 128 Å². The van der Waals surface area contributed by atoms with Crippen LogP contribution in [-0.2, 0) is 44.7 Å². The van der Waals surface area contributed by atoms with Crippen molar-refractivity contribution >= 4 is 23.9 Å². The summed E-state index contributed by atoms with van der Waals surface area (Å²) >= 11 is 0. The molecule has 8 heteroatoms. The molecule has 0 radical (unpaired) electrons. The molecule has 0 aliphatic carbocycles. The lowest BCUT2D eigenvalue weighted by atomic mass is 9.86. The van der Waals surface area contributed by atoms with Crippen LogP contribution in [0.3, 0.4) is 0 Å². The fraction of sp³-hybridized carbons (Fsp3) is 0.796. The Morgan fingerprint density at radius 3 is 1.19 bits per heavy atom. The highest BCUT2D eigenvalue weighted by Gasteiger charge is 2.29. The third-order valence-corrected chi connectivity index (χ3v) is 10.6. The number of esters is 4. The van der Waals surface area contributed by atoms with Gasteiger partial charge in [0.15, 0.2) is 6.10 Å². The lowest BCUT2D eigenvalue weighted by Crippen LogP contribution is -2.33. The maximum Gasteiger partial charge on any atom is 0.306 e. The molecule has 0 fully saturated rings. The Balaban J connectivity index is 2.43. The first-order valence-corrected chi connectivity index (χ1v) is 23.4. The number of benzene rings is 1. The zero-order valence-corrected chi connectivity index (χ0v) is 37.1. The molecule has 0 saturated carbocycles. The Labute approximate surface area is 348 Å². The molecule has 1 aromatic carbocycles. The SMILES string of the molecule is CCCCCCCCCCCCCCCC(=O)OCC(COC(=O)CCCCCCCCCCCCCCC)OC(=O)CC(C)(C)CC(=O)OCc1ccccc1. The smallest absolute Gasteiger partial charge is 0.306 e. The molecule has 0 aromatic heterocycles. The van der Waals surface area contributed by atoms with E-state index in [0.717, 1.165) is 44.1 Å². The van der Waals surface area contributed by atoms with E-state index < -0.39 is 23.5 Å². The van der Waals surface area contributed by atoms with Crippen LogP contribution < -0.4 is 0 Å². The summed E-state index contributed by atoms with van der Waals surface area (Å²) in [6.07, 6.45) is 31.5. The molecule has 0 atom stereocenters. The second-order valence-corrected chi connectivity index (χ2v) is 17.1. The minimum Gasteiger partial charge on any atom is -0.462 e. The molecule has 8 nitrogen and oxygen atoms in total. The molecule has 0 unspecified atom stereocenters. The summed E-state index contributed by atoms with van der Waals surface area (Å²) in [5, 5.41) is 0. The van der Waals surface area contributed by atoms with Gasteiger partial charge in [-0.1, -0.05) is 212 Å². The molecule has 1 aromatic rings. The van der Waals surface area contributed by atoms with Gasteiger partial charge in [-0.15, -0.1) is 0 Å². The van der Waals surface area contributed by atoms with E-state index >= 15 is 0 Å². The fourth-order valence-electron chi connectivity index (χ4n) is 7.07. The molecule has 0 saturated heterocycles. The van der Waals surface area contributed by atoms with Crippen molar-refractivity contribution in [2.45, 2.75) is 233 Å². The molecular formula is C49H84O8. The fourth-order valence-corrected chi connectivity index (χ4v) is 7.07. The van der Waals surface area contributed by atoms with E-state index in [-0.39, 0.29) is 44.6 Å². The van der Waals surface area contributed by atoms with Crippen LogP contribution in [0.4, 0.5) is 0 Å². The summed E-state index contributed by atoms with van der Waals surface area (Å²) in [5.41, 5.74) is 0.156. The number of ether oxygens (including phenoxy) is 4. The van der Waals surface area contributed by atoms with Crippen molar-refractivity contribution < 1.29 is 38.1 Å². The van der Waals surface area contributed by atoms with Crippen molar-refractivity contribution in [2.75, 3.05) is 13.2 Å². The van der Waals surface area contributed by atoms with Gasteiger partial charge in [0.25, 0.3) is 0 Å². The summed E-state index contributed by atoms with van der Waals surface area (Å²) < 4.78 is 22.1. The predicted octanol–water partition coefficient (Wildman–Crippen LogP) is 13.5. The lowest BCUT2D eigenvalue weighted by Gasteiger charge is -2.24. The van der Waals surface area contributed by atoms with Gasteiger partial charge in [-0.2, -0.15) is 0 Å². The first-order valence-electron chi connectivity index (χ1n) is 23.4. The van der Waals surface area contributed by atoms with Gasteiger partial charge in [0.1, 0.15) is 19.8 Å². The quantitative estimate of drug-likeness (QED) is 0.0368. The van der Waals surface area contributed by atoms with Crippen molar-refractivity contribution in [3.8, 4) is 0 Å². The zero-order chi connectivity index (χ0) is 41.7. The molecule has 328 valence electrons. The van der Waals surface area contributed by atoms with Crippen LogP contribution in [0.1, 0.15) is 226 Å². The largest absolute Gasteiger partial charge is 0.462 e. The summed E-state index contributed by atoms with van der Waals surface area (Å²) in [6.45, 7) is 7.90. The highest BCUT2D eigenvalue weighted by atomic mass is 16.6. The second-order valence-electron chi connectivity index (χ2n) is 17.1. The van der Waals surface area contributed by atoms with Gasteiger partial charge in [-0.25, -0.2) is 0 Å². The van der Waals surface area contributed by atoms with Gasteiger partial charge in [-0.3, -0.25) is 19.2 Å². The Hall–Kier alpha value is -2.90. The van der Waals surface area contributed by atoms with Crippen LogP contribution >= 0.6 is 0 Å². The minimum atomic E-state index is -0.926. The van der Waals surface area contributed by atoms with E-state index in [2.05, 4.69) is 13.8 Å². The lowest BCUT2D eigenvalue weighted by molar-refractivity contribution is -0.168. The summed E-state index contributed by atoms with van der Waals surface area (Å²) in [7, 11) is 0. The Morgan fingerprint density at radius 2 is 0.807 bits per heavy atom. The average Bonchev–Trinajstić information content (AvgIpc) is 3.18. The first kappa shape index (κ1) is 52.1. The van der Waals surface area contributed by atoms with Gasteiger partial charge in [-0.05, 0) is 23.8 Å². The number of rotatable bonds is 39. The molecular weight excluding hydrogens is 717 g/mol. The molecule has 0 amide bonds. The van der Waals surface area contributed by atoms with Gasteiger partial charge in [0.2, 0.25) is 0 Å². The van der Waals surface area contributed by atoms with E-state index in [4.69, 9.17) is 18.9 Å². The third kappa shape index (κ3) is 33.7.